The van der Waals surface area contributed by atoms with Crippen LogP contribution >= 0.6 is 0 Å². The number of Topliss-reactive ketones (excluding diaryl/α,β-unsaturated/α-hetero) is 1. The Kier molecular flexibility index (Phi) is 5.62. The third kappa shape index (κ3) is 4.17. The summed E-state index contributed by atoms with van der Waals surface area (Å²) in [5.74, 6) is -0.237. The van der Waals surface area contributed by atoms with Crippen molar-refractivity contribution in [3.63, 3.8) is 0 Å². The molecule has 4 rings (SSSR count). The number of carbonyl (C=O) groups excluding carboxylic acids is 1. The number of halogens is 1. The number of piperidine rings is 1. The summed E-state index contributed by atoms with van der Waals surface area (Å²) in [5, 5.41) is 0. The number of H-pyrrole nitrogens is 1. The van der Waals surface area contributed by atoms with Crippen LogP contribution in [0.1, 0.15) is 47.6 Å². The molecule has 0 saturated carbocycles. The number of likely N-dealkylation sites (tertiary alicyclic amines) is 1. The van der Waals surface area contributed by atoms with E-state index in [1.54, 1.807) is 13.0 Å². The number of ketones is 1. The normalized spacial score (nSPS) is 15.8. The lowest BCUT2D eigenvalue weighted by Crippen LogP contribution is -2.37. The van der Waals surface area contributed by atoms with E-state index >= 15 is 0 Å². The Morgan fingerprint density at radius 1 is 1.17 bits per heavy atom. The summed E-state index contributed by atoms with van der Waals surface area (Å²) in [6, 6.07) is 12.4. The first kappa shape index (κ1) is 19.6. The van der Waals surface area contributed by atoms with Gasteiger partial charge in [-0.25, -0.2) is 9.18 Å². The highest BCUT2D eigenvalue weighted by atomic mass is 19.1. The van der Waals surface area contributed by atoms with Crippen LogP contribution in [0.25, 0.3) is 11.0 Å². The maximum Gasteiger partial charge on any atom is 0.326 e. The van der Waals surface area contributed by atoms with E-state index < -0.39 is 0 Å². The van der Waals surface area contributed by atoms with E-state index in [4.69, 9.17) is 0 Å². The smallest absolute Gasteiger partial charge is 0.306 e. The molecule has 3 aromatic rings. The largest absolute Gasteiger partial charge is 0.326 e. The molecule has 1 aromatic heterocycles. The van der Waals surface area contributed by atoms with Gasteiger partial charge < -0.3 is 9.88 Å². The molecule has 0 radical (unpaired) electrons. The minimum atomic E-state index is -0.309. The zero-order valence-corrected chi connectivity index (χ0v) is 16.7. The summed E-state index contributed by atoms with van der Waals surface area (Å²) in [5.41, 5.74) is 3.12. The van der Waals surface area contributed by atoms with Crippen LogP contribution in [-0.4, -0.2) is 39.9 Å². The summed E-state index contributed by atoms with van der Waals surface area (Å²) in [6.07, 6.45) is 3.10. The summed E-state index contributed by atoms with van der Waals surface area (Å²) >= 11 is 0. The molecule has 1 aliphatic heterocycles. The Morgan fingerprint density at radius 3 is 2.69 bits per heavy atom. The number of carbonyl (C=O) groups is 1. The first-order valence-electron chi connectivity index (χ1n) is 10.2. The molecule has 0 aliphatic carbocycles. The first-order chi connectivity index (χ1) is 14.0. The maximum atomic E-state index is 13.2. The van der Waals surface area contributed by atoms with Gasteiger partial charge in [-0.3, -0.25) is 9.36 Å². The summed E-state index contributed by atoms with van der Waals surface area (Å²) in [4.78, 5) is 30.1. The molecule has 152 valence electrons. The van der Waals surface area contributed by atoms with Crippen LogP contribution in [0.2, 0.25) is 0 Å². The standard InChI is InChI=1S/C23H26FN3O2/c1-16-15-17(24)8-9-19(16)22(28)7-4-12-26-13-10-18(11-14-26)27-21-6-3-2-5-20(21)25-23(27)29/h2-3,5-6,8-9,15,18H,4,7,10-14H2,1H3,(H,25,29). The average Bonchev–Trinajstić information content (AvgIpc) is 3.04. The van der Waals surface area contributed by atoms with E-state index in [0.717, 1.165) is 49.9 Å². The number of aromatic nitrogens is 2. The van der Waals surface area contributed by atoms with Crippen molar-refractivity contribution in [3.8, 4) is 0 Å². The van der Waals surface area contributed by atoms with Crippen molar-refractivity contribution >= 4 is 16.8 Å². The van der Waals surface area contributed by atoms with Gasteiger partial charge in [0.25, 0.3) is 0 Å². The molecule has 0 spiro atoms. The van der Waals surface area contributed by atoms with E-state index in [2.05, 4.69) is 9.88 Å². The van der Waals surface area contributed by atoms with E-state index in [1.165, 1.54) is 12.1 Å². The molecular weight excluding hydrogens is 369 g/mol. The molecule has 1 aliphatic rings. The number of nitrogens with one attached hydrogen (secondary N) is 1. The van der Waals surface area contributed by atoms with Crippen LogP contribution in [-0.2, 0) is 0 Å². The van der Waals surface area contributed by atoms with Gasteiger partial charge in [-0.2, -0.15) is 0 Å². The number of fused-ring (bicyclic) bond motifs is 1. The average molecular weight is 395 g/mol. The molecule has 0 bridgehead atoms. The Hall–Kier alpha value is -2.73. The number of hydrogen-bond donors (Lipinski definition) is 1. The van der Waals surface area contributed by atoms with Gasteiger partial charge in [0.1, 0.15) is 5.82 Å². The van der Waals surface area contributed by atoms with Crippen LogP contribution in [0.4, 0.5) is 4.39 Å². The predicted molar refractivity (Wildman–Crippen MR) is 112 cm³/mol. The van der Waals surface area contributed by atoms with Crippen LogP contribution < -0.4 is 5.69 Å². The SMILES string of the molecule is Cc1cc(F)ccc1C(=O)CCCN1CCC(n2c(=O)[nH]c3ccccc32)CC1. The molecule has 0 amide bonds. The van der Waals surface area contributed by atoms with Gasteiger partial charge in [-0.05, 0) is 68.6 Å². The number of rotatable bonds is 6. The highest BCUT2D eigenvalue weighted by Gasteiger charge is 2.23. The van der Waals surface area contributed by atoms with Crippen LogP contribution in [0.3, 0.4) is 0 Å². The fourth-order valence-electron chi connectivity index (χ4n) is 4.38. The molecular formula is C23H26FN3O2. The molecule has 1 saturated heterocycles. The quantitative estimate of drug-likeness (QED) is 0.640. The highest BCUT2D eigenvalue weighted by molar-refractivity contribution is 5.97. The second-order valence-electron chi connectivity index (χ2n) is 7.88. The van der Waals surface area contributed by atoms with Gasteiger partial charge >= 0.3 is 5.69 Å². The summed E-state index contributed by atoms with van der Waals surface area (Å²) < 4.78 is 15.1. The van der Waals surface area contributed by atoms with Crippen LogP contribution in [0.5, 0.6) is 0 Å². The third-order valence-electron chi connectivity index (χ3n) is 5.91. The summed E-state index contributed by atoms with van der Waals surface area (Å²) in [7, 11) is 0. The number of nitrogens with zero attached hydrogens (tertiary/aromatic N) is 2. The first-order valence-corrected chi connectivity index (χ1v) is 10.2. The monoisotopic (exact) mass is 395 g/mol. The van der Waals surface area contributed by atoms with Crippen molar-refractivity contribution in [1.29, 1.82) is 0 Å². The molecule has 6 heteroatoms. The van der Waals surface area contributed by atoms with Gasteiger partial charge in [0.15, 0.2) is 5.78 Å². The minimum Gasteiger partial charge on any atom is -0.306 e. The Balaban J connectivity index is 1.29. The number of aromatic amines is 1. The van der Waals surface area contributed by atoms with Crippen molar-refractivity contribution in [2.45, 2.75) is 38.6 Å². The Labute approximate surface area is 169 Å². The molecule has 1 fully saturated rings. The van der Waals surface area contributed by atoms with E-state index in [0.29, 0.717) is 17.5 Å². The molecule has 2 aromatic carbocycles. The van der Waals surface area contributed by atoms with Gasteiger partial charge in [0, 0.05) is 31.1 Å². The predicted octanol–water partition coefficient (Wildman–Crippen LogP) is 4.08. The lowest BCUT2D eigenvalue weighted by atomic mass is 10.0. The van der Waals surface area contributed by atoms with Gasteiger partial charge in [-0.15, -0.1) is 0 Å². The Morgan fingerprint density at radius 2 is 1.93 bits per heavy atom. The number of benzene rings is 2. The lowest BCUT2D eigenvalue weighted by molar-refractivity contribution is 0.0970. The molecule has 0 atom stereocenters. The van der Waals surface area contributed by atoms with Crippen LogP contribution in [0.15, 0.2) is 47.3 Å². The third-order valence-corrected chi connectivity index (χ3v) is 5.91. The van der Waals surface area contributed by atoms with E-state index in [9.17, 15) is 14.0 Å². The van der Waals surface area contributed by atoms with Crippen LogP contribution in [0, 0.1) is 12.7 Å². The molecule has 0 unspecified atom stereocenters. The molecule has 29 heavy (non-hydrogen) atoms. The Bertz CT molecular complexity index is 1080. The van der Waals surface area contributed by atoms with Crippen molar-refractivity contribution in [2.24, 2.45) is 0 Å². The second kappa shape index (κ2) is 8.33. The second-order valence-corrected chi connectivity index (χ2v) is 7.88. The van der Waals surface area contributed by atoms with Crippen molar-refractivity contribution < 1.29 is 9.18 Å². The van der Waals surface area contributed by atoms with E-state index in [1.807, 2.05) is 28.8 Å². The molecule has 1 N–H and O–H groups in total. The van der Waals surface area contributed by atoms with Gasteiger partial charge in [0.05, 0.1) is 11.0 Å². The molecule has 2 heterocycles. The maximum absolute atomic E-state index is 13.2. The number of imidazole rings is 1. The molecule has 5 nitrogen and oxygen atoms in total. The fourth-order valence-corrected chi connectivity index (χ4v) is 4.38. The van der Waals surface area contributed by atoms with Crippen molar-refractivity contribution in [2.75, 3.05) is 19.6 Å². The minimum absolute atomic E-state index is 0.0371. The zero-order valence-electron chi connectivity index (χ0n) is 16.7. The lowest BCUT2D eigenvalue weighted by Gasteiger charge is -2.32. The highest BCUT2D eigenvalue weighted by Crippen LogP contribution is 2.25. The van der Waals surface area contributed by atoms with Gasteiger partial charge in [-0.1, -0.05) is 12.1 Å². The summed E-state index contributed by atoms with van der Waals surface area (Å²) in [6.45, 7) is 4.47. The zero-order chi connectivity index (χ0) is 20.4. The number of para-hydroxylation sites is 2. The topological polar surface area (TPSA) is 58.1 Å². The van der Waals surface area contributed by atoms with E-state index in [-0.39, 0.29) is 23.3 Å². The van der Waals surface area contributed by atoms with Crippen molar-refractivity contribution in [1.82, 2.24) is 14.5 Å². The van der Waals surface area contributed by atoms with Gasteiger partial charge in [0.2, 0.25) is 0 Å². The fraction of sp³-hybridized carbons (Fsp3) is 0.391. The number of aryl methyl sites for hydroxylation is 1. The van der Waals surface area contributed by atoms with Crippen molar-refractivity contribution in [3.05, 3.63) is 69.9 Å². The number of hydrogen-bond acceptors (Lipinski definition) is 3.